The Hall–Kier alpha value is -2.00. The highest BCUT2D eigenvalue weighted by atomic mass is 35.5. The van der Waals surface area contributed by atoms with Crippen LogP contribution in [-0.4, -0.2) is 51.5 Å². The van der Waals surface area contributed by atoms with Crippen LogP contribution >= 0.6 is 11.3 Å². The molecule has 1 aromatic heterocycles. The fourth-order valence-corrected chi connectivity index (χ4v) is 3.94. The first-order chi connectivity index (χ1) is 13.7. The number of thiazole rings is 1. The number of aromatic nitrogens is 1. The lowest BCUT2D eigenvalue weighted by molar-refractivity contribution is -0.141. The van der Waals surface area contributed by atoms with Gasteiger partial charge in [-0.05, 0) is 16.5 Å². The summed E-state index contributed by atoms with van der Waals surface area (Å²) in [6, 6.07) is 6.46. The van der Waals surface area contributed by atoms with Gasteiger partial charge in [-0.2, -0.15) is 0 Å². The number of hydrogen-bond donors (Lipinski definition) is 3. The largest absolute Gasteiger partial charge is 1.00 e. The van der Waals surface area contributed by atoms with Gasteiger partial charge in [-0.1, -0.05) is 45.0 Å². The minimum absolute atomic E-state index is 0. The number of rotatable bonds is 5. The second-order valence-corrected chi connectivity index (χ2v) is 9.41. The predicted molar refractivity (Wildman–Crippen MR) is 114 cm³/mol. The number of carbonyl (C=O) groups is 2. The average molecular weight is 453 g/mol. The number of halogens is 1. The molecule has 3 atom stereocenters. The van der Waals surface area contributed by atoms with Gasteiger partial charge in [0.15, 0.2) is 0 Å². The average Bonchev–Trinajstić information content (AvgIpc) is 3.34. The Kier molecular flexibility index (Phi) is 7.99. The summed E-state index contributed by atoms with van der Waals surface area (Å²) in [5.41, 5.74) is 9.49. The van der Waals surface area contributed by atoms with Crippen molar-refractivity contribution in [1.82, 2.24) is 15.2 Å². The Bertz CT molecular complexity index is 859. The summed E-state index contributed by atoms with van der Waals surface area (Å²) in [5, 5.41) is 12.9. The molecule has 30 heavy (non-hydrogen) atoms. The van der Waals surface area contributed by atoms with Crippen LogP contribution in [0.5, 0.6) is 0 Å². The van der Waals surface area contributed by atoms with Gasteiger partial charge in [-0.3, -0.25) is 14.6 Å². The number of carbonyl (C=O) groups excluding carboxylic acids is 2. The van der Waals surface area contributed by atoms with E-state index in [-0.39, 0.29) is 38.6 Å². The highest BCUT2D eigenvalue weighted by molar-refractivity contribution is 7.13. The quantitative estimate of drug-likeness (QED) is 0.532. The van der Waals surface area contributed by atoms with Gasteiger partial charge in [0, 0.05) is 25.7 Å². The van der Waals surface area contributed by atoms with Crippen molar-refractivity contribution in [1.29, 1.82) is 0 Å². The van der Waals surface area contributed by atoms with Crippen LogP contribution in [0.15, 0.2) is 36.0 Å². The molecule has 3 rings (SSSR count). The Morgan fingerprint density at radius 2 is 2.03 bits per heavy atom. The van der Waals surface area contributed by atoms with Gasteiger partial charge in [-0.15, -0.1) is 11.3 Å². The van der Waals surface area contributed by atoms with Crippen molar-refractivity contribution < 1.29 is 28.5 Å². The molecule has 0 spiro atoms. The van der Waals surface area contributed by atoms with E-state index in [9.17, 15) is 14.7 Å². The van der Waals surface area contributed by atoms with E-state index in [2.05, 4.69) is 10.3 Å². The molecule has 0 bridgehead atoms. The first-order valence-corrected chi connectivity index (χ1v) is 10.5. The number of aliphatic hydroxyl groups excluding tert-OH is 1. The van der Waals surface area contributed by atoms with E-state index in [1.54, 1.807) is 16.8 Å². The lowest BCUT2D eigenvalue weighted by Crippen LogP contribution is -3.00. The molecule has 1 aliphatic heterocycles. The Morgan fingerprint density at radius 1 is 1.37 bits per heavy atom. The molecule has 0 unspecified atom stereocenters. The minimum Gasteiger partial charge on any atom is -1.00 e. The third-order valence-electron chi connectivity index (χ3n) is 5.20. The molecule has 9 heteroatoms. The Labute approximate surface area is 188 Å². The van der Waals surface area contributed by atoms with Crippen molar-refractivity contribution in [2.75, 3.05) is 6.54 Å². The summed E-state index contributed by atoms with van der Waals surface area (Å²) in [5.74, 6) is -0.578. The zero-order valence-corrected chi connectivity index (χ0v) is 18.9. The number of benzene rings is 1. The highest BCUT2D eigenvalue weighted by Gasteiger charge is 2.42. The number of nitrogens with two attached hydrogens (primary N) is 1. The molecule has 1 aliphatic rings. The molecule has 0 radical (unpaired) electrons. The van der Waals surface area contributed by atoms with Crippen LogP contribution in [-0.2, 0) is 16.1 Å². The van der Waals surface area contributed by atoms with Gasteiger partial charge in [0.25, 0.3) is 0 Å². The van der Waals surface area contributed by atoms with Gasteiger partial charge in [0.1, 0.15) is 6.04 Å². The van der Waals surface area contributed by atoms with Crippen LogP contribution in [0.3, 0.4) is 0 Å². The summed E-state index contributed by atoms with van der Waals surface area (Å²) < 4.78 is 0. The zero-order valence-electron chi connectivity index (χ0n) is 18.3. The first-order valence-electron chi connectivity index (χ1n) is 9.66. The molecule has 1 aromatic carbocycles. The van der Waals surface area contributed by atoms with Gasteiger partial charge in [0.05, 0.1) is 22.5 Å². The number of β-amino-alcohol motifs (C(OH)–C–C–N with tert-alkyl or cyclic N) is 1. The maximum Gasteiger partial charge on any atom is 1.00 e. The topological polar surface area (TPSA) is 109 Å². The monoisotopic (exact) mass is 452 g/mol. The summed E-state index contributed by atoms with van der Waals surface area (Å²) in [4.78, 5) is 32.1. The lowest BCUT2D eigenvalue weighted by Gasteiger charge is -2.32. The molecule has 7 nitrogen and oxygen atoms in total. The minimum atomic E-state index is -0.734. The number of nitrogens with zero attached hydrogens (tertiary/aromatic N) is 2. The number of aliphatic hydroxyl groups is 1. The third-order valence-corrected chi connectivity index (χ3v) is 6.02. The van der Waals surface area contributed by atoms with Crippen molar-refractivity contribution in [2.45, 2.75) is 51.9 Å². The maximum absolute atomic E-state index is 12.8. The maximum atomic E-state index is 12.8. The molecule has 2 heterocycles. The van der Waals surface area contributed by atoms with Crippen LogP contribution in [0, 0.1) is 5.41 Å². The van der Waals surface area contributed by atoms with Crippen molar-refractivity contribution in [2.24, 2.45) is 11.1 Å². The van der Waals surface area contributed by atoms with E-state index < -0.39 is 23.6 Å². The van der Waals surface area contributed by atoms with E-state index in [1.165, 1.54) is 4.90 Å². The molecular weight excluding hydrogens is 424 g/mol. The van der Waals surface area contributed by atoms with E-state index >= 15 is 0 Å². The number of amides is 2. The van der Waals surface area contributed by atoms with Gasteiger partial charge >= 0.3 is 1.43 Å². The van der Waals surface area contributed by atoms with Crippen LogP contribution in [0.1, 0.15) is 34.2 Å². The number of likely N-dealkylation sites (tertiary alicyclic amines) is 1. The summed E-state index contributed by atoms with van der Waals surface area (Å²) in [6.07, 6.45) is 1.32. The third kappa shape index (κ3) is 5.57. The van der Waals surface area contributed by atoms with E-state index in [0.29, 0.717) is 6.54 Å². The standard InChI is InChI=1S/C21H28N4O3S.ClH/c1-21(2,3)18(22)20(28)25-11-15(26)8-16(25)19(27)24-9-13-4-6-14(7-5-13)17-10-23-12-29-17;/h4-7,10,12,15-16,18,26H,8-9,11,22H2,1-3H3,(H,24,27);1H/t15-,16+,18-;/m1./s1. The molecule has 0 aliphatic carbocycles. The Morgan fingerprint density at radius 3 is 2.60 bits per heavy atom. The number of nitrogens with one attached hydrogen (secondary N) is 1. The smallest absolute Gasteiger partial charge is 1.00 e. The van der Waals surface area contributed by atoms with Crippen molar-refractivity contribution in [3.63, 3.8) is 0 Å². The molecule has 164 valence electrons. The van der Waals surface area contributed by atoms with Crippen molar-refractivity contribution in [3.05, 3.63) is 41.5 Å². The molecule has 2 aromatic rings. The van der Waals surface area contributed by atoms with Gasteiger partial charge < -0.3 is 33.5 Å². The summed E-state index contributed by atoms with van der Waals surface area (Å²) in [6.45, 7) is 6.12. The molecule has 1 fully saturated rings. The van der Waals surface area contributed by atoms with E-state index in [0.717, 1.165) is 16.0 Å². The molecule has 2 amide bonds. The summed E-state index contributed by atoms with van der Waals surface area (Å²) in [7, 11) is 0. The highest BCUT2D eigenvalue weighted by Crippen LogP contribution is 2.25. The van der Waals surface area contributed by atoms with Crippen LogP contribution in [0.4, 0.5) is 0 Å². The molecular formula is C21H29ClN4O3S. The van der Waals surface area contributed by atoms with Crippen LogP contribution in [0.2, 0.25) is 0 Å². The second kappa shape index (κ2) is 9.87. The van der Waals surface area contributed by atoms with Crippen molar-refractivity contribution in [3.8, 4) is 10.4 Å². The summed E-state index contributed by atoms with van der Waals surface area (Å²) >= 11 is 1.57. The molecule has 0 saturated carbocycles. The van der Waals surface area contributed by atoms with Crippen molar-refractivity contribution >= 4 is 23.2 Å². The molecule has 1 saturated heterocycles. The Balaban J connectivity index is 0.00000240. The second-order valence-electron chi connectivity index (χ2n) is 8.52. The molecule has 4 N–H and O–H groups in total. The lowest BCUT2D eigenvalue weighted by atomic mass is 9.86. The van der Waals surface area contributed by atoms with E-state index in [4.69, 9.17) is 5.73 Å². The normalized spacial score (nSPS) is 19.8. The van der Waals surface area contributed by atoms with Gasteiger partial charge in [0.2, 0.25) is 11.8 Å². The van der Waals surface area contributed by atoms with Crippen LogP contribution < -0.4 is 23.5 Å². The van der Waals surface area contributed by atoms with Gasteiger partial charge in [-0.25, -0.2) is 0 Å². The SMILES string of the molecule is CC(C)(C)[C@H](N)C(=O)N1C[C@H](O)C[C@H]1C(=O)NCc1ccc(-c2cncs2)cc1.[Cl-].[H+]. The predicted octanol–water partition coefficient (Wildman–Crippen LogP) is -1.12. The zero-order chi connectivity index (χ0) is 21.2. The van der Waals surface area contributed by atoms with E-state index in [1.807, 2.05) is 51.2 Å². The number of hydrogen-bond acceptors (Lipinski definition) is 6. The van der Waals surface area contributed by atoms with Crippen LogP contribution in [0.25, 0.3) is 10.4 Å². The first kappa shape index (κ1) is 24.3. The fourth-order valence-electron chi connectivity index (χ4n) is 3.31. The fraction of sp³-hybridized carbons (Fsp3) is 0.476.